The molecule has 0 spiro atoms. The van der Waals surface area contributed by atoms with Gasteiger partial charge >= 0.3 is 29.9 Å². The fourth-order valence-electron chi connectivity index (χ4n) is 1.10. The zero-order chi connectivity index (χ0) is 18.6. The Kier molecular flexibility index (Phi) is 6.64. The first-order valence-electron chi connectivity index (χ1n) is 6.00. The van der Waals surface area contributed by atoms with Gasteiger partial charge in [0.05, 0.1) is 13.2 Å². The number of hydrogen-bond donors (Lipinski definition) is 1. The maximum Gasteiger partial charge on any atom is 0.437 e. The van der Waals surface area contributed by atoms with E-state index in [1.165, 1.54) is 13.8 Å². The van der Waals surface area contributed by atoms with E-state index in [1.54, 1.807) is 0 Å². The first kappa shape index (κ1) is 21.2. The predicted molar refractivity (Wildman–Crippen MR) is 63.0 cm³/mol. The summed E-state index contributed by atoms with van der Waals surface area (Å²) in [6.07, 6.45) is -12.6. The average molecular weight is 352 g/mol. The van der Waals surface area contributed by atoms with Crippen molar-refractivity contribution >= 4 is 11.9 Å². The largest absolute Gasteiger partial charge is 0.463 e. The van der Waals surface area contributed by atoms with Crippen LogP contribution in [0, 0.1) is 5.92 Å². The molecule has 5 nitrogen and oxygen atoms in total. The van der Waals surface area contributed by atoms with Crippen LogP contribution in [0.2, 0.25) is 0 Å². The minimum absolute atomic E-state index is 0.0257. The molecular weight excluding hydrogens is 338 g/mol. The highest BCUT2D eigenvalue weighted by atomic mass is 19.4. The summed E-state index contributed by atoms with van der Waals surface area (Å²) in [6.45, 7) is 4.44. The number of esters is 2. The van der Waals surface area contributed by atoms with E-state index in [0.717, 1.165) is 0 Å². The molecule has 0 saturated heterocycles. The van der Waals surface area contributed by atoms with Crippen LogP contribution in [0.15, 0.2) is 12.2 Å². The van der Waals surface area contributed by atoms with Crippen LogP contribution in [0.5, 0.6) is 0 Å². The zero-order valence-electron chi connectivity index (χ0n) is 12.0. The van der Waals surface area contributed by atoms with Gasteiger partial charge in [-0.1, -0.05) is 13.5 Å². The van der Waals surface area contributed by atoms with Gasteiger partial charge in [-0.25, -0.2) is 9.59 Å². The second kappa shape index (κ2) is 7.20. The van der Waals surface area contributed by atoms with Crippen LogP contribution in [0.25, 0.3) is 0 Å². The van der Waals surface area contributed by atoms with Crippen molar-refractivity contribution < 1.29 is 50.5 Å². The van der Waals surface area contributed by atoms with Crippen LogP contribution in [-0.4, -0.2) is 48.2 Å². The number of hydrogen-bond acceptors (Lipinski definition) is 5. The van der Waals surface area contributed by atoms with Gasteiger partial charge in [-0.3, -0.25) is 0 Å². The first-order chi connectivity index (χ1) is 10.1. The van der Waals surface area contributed by atoms with Gasteiger partial charge in [-0.05, 0) is 6.92 Å². The molecule has 0 aromatic carbocycles. The third-order valence-corrected chi connectivity index (χ3v) is 2.46. The van der Waals surface area contributed by atoms with E-state index in [9.17, 15) is 35.9 Å². The third-order valence-electron chi connectivity index (χ3n) is 2.46. The molecule has 1 atom stereocenters. The molecule has 0 radical (unpaired) electrons. The maximum absolute atomic E-state index is 12.4. The highest BCUT2D eigenvalue weighted by Gasteiger charge is 2.76. The van der Waals surface area contributed by atoms with Crippen molar-refractivity contribution in [2.24, 2.45) is 5.92 Å². The summed E-state index contributed by atoms with van der Waals surface area (Å²) < 4.78 is 82.7. The Morgan fingerprint density at radius 2 is 1.43 bits per heavy atom. The Balaban J connectivity index is 4.80. The molecule has 134 valence electrons. The minimum atomic E-state index is -6.31. The number of carbonyl (C=O) groups is 2. The lowest BCUT2D eigenvalue weighted by atomic mass is 10.0. The van der Waals surface area contributed by atoms with Gasteiger partial charge in [-0.15, -0.1) is 0 Å². The van der Waals surface area contributed by atoms with Crippen LogP contribution in [0.3, 0.4) is 0 Å². The Morgan fingerprint density at radius 3 is 1.78 bits per heavy atom. The molecule has 0 aliphatic carbocycles. The molecule has 0 aliphatic heterocycles. The number of carbonyl (C=O) groups excluding carboxylic acids is 2. The molecule has 23 heavy (non-hydrogen) atoms. The third kappa shape index (κ3) is 5.12. The highest BCUT2D eigenvalue weighted by Crippen LogP contribution is 2.43. The fraction of sp³-hybridized carbons (Fsp3) is 0.667. The van der Waals surface area contributed by atoms with Crippen molar-refractivity contribution in [1.82, 2.24) is 0 Å². The molecule has 0 saturated carbocycles. The zero-order valence-corrected chi connectivity index (χ0v) is 12.0. The number of ether oxygens (including phenoxy) is 2. The van der Waals surface area contributed by atoms with E-state index in [1.807, 2.05) is 0 Å². The molecule has 1 N–H and O–H groups in total. The van der Waals surface area contributed by atoms with E-state index in [0.29, 0.717) is 0 Å². The van der Waals surface area contributed by atoms with E-state index >= 15 is 0 Å². The average Bonchev–Trinajstić information content (AvgIpc) is 2.38. The van der Waals surface area contributed by atoms with Crippen molar-refractivity contribution in [2.45, 2.75) is 31.8 Å². The van der Waals surface area contributed by atoms with Crippen LogP contribution in [0.1, 0.15) is 13.8 Å². The Bertz CT molecular complexity index is 454. The number of aliphatic hydroxyl groups is 1. The molecular formula is C12H14F6O5. The summed E-state index contributed by atoms with van der Waals surface area (Å²) in [7, 11) is 0. The molecule has 11 heteroatoms. The summed E-state index contributed by atoms with van der Waals surface area (Å²) in [6, 6.07) is 0. The normalized spacial score (nSPS) is 14.1. The Hall–Kier alpha value is -1.78. The molecule has 0 aliphatic rings. The van der Waals surface area contributed by atoms with Gasteiger partial charge in [-0.2, -0.15) is 26.3 Å². The number of rotatable bonds is 6. The standard InChI is InChI=1S/C12H14F6O5/c1-6(2)8(19)22-4-7(3)5-23-9(20)10(21,11(13,14)15)12(16,17)18/h7,21H,1,4-5H2,2-3H3. The lowest BCUT2D eigenvalue weighted by molar-refractivity contribution is -0.357. The van der Waals surface area contributed by atoms with E-state index in [-0.39, 0.29) is 5.57 Å². The molecule has 0 amide bonds. The van der Waals surface area contributed by atoms with Crippen molar-refractivity contribution in [2.75, 3.05) is 13.2 Å². The van der Waals surface area contributed by atoms with Crippen LogP contribution >= 0.6 is 0 Å². The Labute approximate surface area is 126 Å². The van der Waals surface area contributed by atoms with E-state index < -0.39 is 49.0 Å². The first-order valence-corrected chi connectivity index (χ1v) is 6.00. The molecule has 0 rings (SSSR count). The predicted octanol–water partition coefficient (Wildman–Crippen LogP) is 2.14. The monoisotopic (exact) mass is 352 g/mol. The van der Waals surface area contributed by atoms with Gasteiger partial charge in [0.2, 0.25) is 0 Å². The molecule has 0 aromatic heterocycles. The molecule has 0 aromatic rings. The smallest absolute Gasteiger partial charge is 0.437 e. The molecule has 0 fully saturated rings. The van der Waals surface area contributed by atoms with Crippen molar-refractivity contribution in [3.8, 4) is 0 Å². The summed E-state index contributed by atoms with van der Waals surface area (Å²) >= 11 is 0. The van der Waals surface area contributed by atoms with Gasteiger partial charge in [0.1, 0.15) is 0 Å². The summed E-state index contributed by atoms with van der Waals surface area (Å²) in [4.78, 5) is 22.1. The maximum atomic E-state index is 12.4. The van der Waals surface area contributed by atoms with Crippen LogP contribution in [-0.2, 0) is 19.1 Å². The van der Waals surface area contributed by atoms with E-state index in [4.69, 9.17) is 5.11 Å². The van der Waals surface area contributed by atoms with Crippen molar-refractivity contribution in [1.29, 1.82) is 0 Å². The van der Waals surface area contributed by atoms with Crippen LogP contribution < -0.4 is 0 Å². The lowest BCUT2D eigenvalue weighted by Crippen LogP contribution is -2.63. The van der Waals surface area contributed by atoms with Crippen molar-refractivity contribution in [3.05, 3.63) is 12.2 Å². The fourth-order valence-corrected chi connectivity index (χ4v) is 1.10. The quantitative estimate of drug-likeness (QED) is 0.450. The summed E-state index contributed by atoms with van der Waals surface area (Å²) in [5, 5.41) is 8.74. The van der Waals surface area contributed by atoms with E-state index in [2.05, 4.69) is 16.1 Å². The summed E-state index contributed by atoms with van der Waals surface area (Å²) in [5.41, 5.74) is -5.61. The molecule has 0 bridgehead atoms. The lowest BCUT2D eigenvalue weighted by Gasteiger charge is -2.30. The highest BCUT2D eigenvalue weighted by molar-refractivity contribution is 5.86. The van der Waals surface area contributed by atoms with Gasteiger partial charge in [0.15, 0.2) is 0 Å². The number of alkyl halides is 6. The summed E-state index contributed by atoms with van der Waals surface area (Å²) in [5.74, 6) is -4.64. The van der Waals surface area contributed by atoms with Gasteiger partial charge < -0.3 is 14.6 Å². The number of halogens is 6. The van der Waals surface area contributed by atoms with Crippen LogP contribution in [0.4, 0.5) is 26.3 Å². The minimum Gasteiger partial charge on any atom is -0.463 e. The van der Waals surface area contributed by atoms with Crippen molar-refractivity contribution in [3.63, 3.8) is 0 Å². The second-order valence-electron chi connectivity index (χ2n) is 4.79. The van der Waals surface area contributed by atoms with Gasteiger partial charge in [0, 0.05) is 11.5 Å². The second-order valence-corrected chi connectivity index (χ2v) is 4.79. The Morgan fingerprint density at radius 1 is 1.04 bits per heavy atom. The molecule has 1 unspecified atom stereocenters. The SMILES string of the molecule is C=C(C)C(=O)OCC(C)COC(=O)C(O)(C(F)(F)F)C(F)(F)F. The van der Waals surface area contributed by atoms with Gasteiger partial charge in [0.25, 0.3) is 0 Å². The topological polar surface area (TPSA) is 72.8 Å². The molecule has 0 heterocycles.